The molecule has 2 rings (SSSR count). The van der Waals surface area contributed by atoms with Gasteiger partial charge >= 0.3 is 6.09 Å². The summed E-state index contributed by atoms with van der Waals surface area (Å²) >= 11 is 5.94. The number of carbonyl (C=O) groups is 1. The summed E-state index contributed by atoms with van der Waals surface area (Å²) in [6.07, 6.45) is -0.557. The van der Waals surface area contributed by atoms with Crippen LogP contribution in [0.25, 0.3) is 0 Å². The van der Waals surface area contributed by atoms with Crippen molar-refractivity contribution < 1.29 is 19.4 Å². The van der Waals surface area contributed by atoms with Crippen molar-refractivity contribution in [1.82, 2.24) is 4.90 Å². The summed E-state index contributed by atoms with van der Waals surface area (Å²) < 4.78 is 11.0. The van der Waals surface area contributed by atoms with Crippen molar-refractivity contribution in [2.24, 2.45) is 5.92 Å². The molecule has 25 heavy (non-hydrogen) atoms. The molecule has 2 unspecified atom stereocenters. The molecule has 1 aromatic carbocycles. The van der Waals surface area contributed by atoms with Gasteiger partial charge in [0, 0.05) is 12.1 Å². The molecule has 4 atom stereocenters. The lowest BCUT2D eigenvalue weighted by Gasteiger charge is -2.45. The number of benzene rings is 1. The van der Waals surface area contributed by atoms with Crippen LogP contribution < -0.4 is 0 Å². The van der Waals surface area contributed by atoms with Crippen LogP contribution >= 0.6 is 11.6 Å². The molecule has 0 bridgehead atoms. The fourth-order valence-electron chi connectivity index (χ4n) is 3.30. The largest absolute Gasteiger partial charge is 0.444 e. The van der Waals surface area contributed by atoms with Crippen molar-refractivity contribution >= 4 is 17.7 Å². The van der Waals surface area contributed by atoms with Crippen molar-refractivity contribution in [1.29, 1.82) is 0 Å². The van der Waals surface area contributed by atoms with E-state index >= 15 is 0 Å². The van der Waals surface area contributed by atoms with Crippen molar-refractivity contribution in [3.05, 3.63) is 34.9 Å². The highest BCUT2D eigenvalue weighted by Gasteiger charge is 2.42. The highest BCUT2D eigenvalue weighted by Crippen LogP contribution is 2.35. The second-order valence-electron chi connectivity index (χ2n) is 7.69. The minimum absolute atomic E-state index is 0.0527. The lowest BCUT2D eigenvalue weighted by molar-refractivity contribution is -0.0706. The Bertz CT molecular complexity index is 584. The van der Waals surface area contributed by atoms with Gasteiger partial charge in [-0.05, 0) is 50.8 Å². The second-order valence-corrected chi connectivity index (χ2v) is 8.13. The summed E-state index contributed by atoms with van der Waals surface area (Å²) in [7, 11) is 1.64. The smallest absolute Gasteiger partial charge is 0.410 e. The van der Waals surface area contributed by atoms with Crippen LogP contribution in [0, 0.1) is 5.92 Å². The van der Waals surface area contributed by atoms with Crippen LogP contribution in [-0.4, -0.2) is 47.5 Å². The number of methoxy groups -OCH3 is 1. The fraction of sp³-hybridized carbons (Fsp3) is 0.632. The molecule has 0 radical (unpaired) electrons. The van der Waals surface area contributed by atoms with Crippen LogP contribution in [0.3, 0.4) is 0 Å². The summed E-state index contributed by atoms with van der Waals surface area (Å²) in [5.41, 5.74) is 0.126. The molecule has 0 saturated carbocycles. The number of aliphatic hydroxyl groups excluding tert-OH is 1. The number of rotatable bonds is 3. The van der Waals surface area contributed by atoms with E-state index < -0.39 is 17.8 Å². The van der Waals surface area contributed by atoms with Crippen LogP contribution in [0.15, 0.2) is 24.3 Å². The summed E-state index contributed by atoms with van der Waals surface area (Å²) in [6.45, 7) is 7.90. The lowest BCUT2D eigenvalue weighted by Crippen LogP contribution is -2.56. The molecule has 0 aliphatic carbocycles. The van der Waals surface area contributed by atoms with Crippen LogP contribution in [0.4, 0.5) is 4.79 Å². The first kappa shape index (κ1) is 20.0. The Kier molecular flexibility index (Phi) is 6.35. The minimum Gasteiger partial charge on any atom is -0.444 e. The molecule has 1 aromatic rings. The average Bonchev–Trinajstić information content (AvgIpc) is 2.52. The predicted molar refractivity (Wildman–Crippen MR) is 97.7 cm³/mol. The maximum atomic E-state index is 12.7. The maximum Gasteiger partial charge on any atom is 0.410 e. The van der Waals surface area contributed by atoms with Crippen LogP contribution in [0.1, 0.15) is 45.8 Å². The fourth-order valence-corrected chi connectivity index (χ4v) is 3.43. The molecule has 6 heteroatoms. The molecule has 140 valence electrons. The standard InChI is InChI=1S/C19H28ClNO4/c1-12-10-15(24-5)11-21(18(23)25-19(2,3)4)16(12)17(22)13-6-8-14(20)9-7-13/h6-9,12,15-17,22H,10-11H2,1-5H3/t12?,15-,16+,17?/m1/s1. The Morgan fingerprint density at radius 2 is 1.92 bits per heavy atom. The van der Waals surface area contributed by atoms with Gasteiger partial charge < -0.3 is 14.6 Å². The average molecular weight is 370 g/mol. The highest BCUT2D eigenvalue weighted by molar-refractivity contribution is 6.30. The Balaban J connectivity index is 2.29. The van der Waals surface area contributed by atoms with Crippen molar-refractivity contribution in [2.75, 3.05) is 13.7 Å². The number of ether oxygens (including phenoxy) is 2. The van der Waals surface area contributed by atoms with E-state index in [1.165, 1.54) is 0 Å². The van der Waals surface area contributed by atoms with Crippen LogP contribution in [0.5, 0.6) is 0 Å². The summed E-state index contributed by atoms with van der Waals surface area (Å²) in [5, 5.41) is 11.6. The van der Waals surface area contributed by atoms with E-state index in [0.717, 1.165) is 12.0 Å². The molecule has 1 aliphatic heterocycles. The number of aliphatic hydroxyl groups is 1. The van der Waals surface area contributed by atoms with Crippen molar-refractivity contribution in [3.8, 4) is 0 Å². The quantitative estimate of drug-likeness (QED) is 0.873. The van der Waals surface area contributed by atoms with Gasteiger partial charge in [-0.25, -0.2) is 4.79 Å². The molecule has 0 spiro atoms. The predicted octanol–water partition coefficient (Wildman–Crippen LogP) is 4.03. The van der Waals surface area contributed by atoms with Gasteiger partial charge in [0.1, 0.15) is 5.60 Å². The van der Waals surface area contributed by atoms with Gasteiger partial charge in [-0.1, -0.05) is 30.7 Å². The van der Waals surface area contributed by atoms with E-state index in [-0.39, 0.29) is 18.1 Å². The number of carbonyl (C=O) groups excluding carboxylic acids is 1. The third-order valence-electron chi connectivity index (χ3n) is 4.47. The third-order valence-corrected chi connectivity index (χ3v) is 4.73. The summed E-state index contributed by atoms with van der Waals surface area (Å²) in [4.78, 5) is 14.3. The molecule has 5 nitrogen and oxygen atoms in total. The zero-order chi connectivity index (χ0) is 18.8. The topological polar surface area (TPSA) is 59.0 Å². The molecule has 1 heterocycles. The highest BCUT2D eigenvalue weighted by atomic mass is 35.5. The van der Waals surface area contributed by atoms with Gasteiger partial charge in [0.25, 0.3) is 0 Å². The van der Waals surface area contributed by atoms with E-state index in [1.54, 1.807) is 36.3 Å². The Morgan fingerprint density at radius 1 is 1.32 bits per heavy atom. The summed E-state index contributed by atoms with van der Waals surface area (Å²) in [6, 6.07) is 6.67. The Hall–Kier alpha value is -1.30. The number of hydrogen-bond acceptors (Lipinski definition) is 4. The van der Waals surface area contributed by atoms with E-state index in [4.69, 9.17) is 21.1 Å². The summed E-state index contributed by atoms with van der Waals surface area (Å²) in [5.74, 6) is 0.0527. The van der Waals surface area contributed by atoms with E-state index in [0.29, 0.717) is 11.6 Å². The third kappa shape index (κ3) is 5.09. The Labute approximate surface area is 154 Å². The SMILES string of the molecule is CO[C@@H]1CC(C)[C@@H](C(O)c2ccc(Cl)cc2)N(C(=O)OC(C)(C)C)C1. The molecular weight excluding hydrogens is 342 g/mol. The maximum absolute atomic E-state index is 12.7. The number of amides is 1. The number of piperidine rings is 1. The first-order valence-electron chi connectivity index (χ1n) is 8.58. The first-order chi connectivity index (χ1) is 11.6. The van der Waals surface area contributed by atoms with Crippen molar-refractivity contribution in [2.45, 2.75) is 58.0 Å². The van der Waals surface area contributed by atoms with Gasteiger partial charge in [0.05, 0.1) is 24.8 Å². The molecule has 1 fully saturated rings. The normalized spacial score (nSPS) is 25.6. The van der Waals surface area contributed by atoms with Crippen LogP contribution in [0.2, 0.25) is 5.02 Å². The molecule has 1 saturated heterocycles. The van der Waals surface area contributed by atoms with Gasteiger partial charge in [0.15, 0.2) is 0 Å². The number of halogens is 1. The van der Waals surface area contributed by atoms with E-state index in [1.807, 2.05) is 27.7 Å². The Morgan fingerprint density at radius 3 is 2.44 bits per heavy atom. The zero-order valence-corrected chi connectivity index (χ0v) is 16.3. The second kappa shape index (κ2) is 7.94. The zero-order valence-electron chi connectivity index (χ0n) is 15.5. The molecule has 1 N–H and O–H groups in total. The minimum atomic E-state index is -0.822. The van der Waals surface area contributed by atoms with Crippen molar-refractivity contribution in [3.63, 3.8) is 0 Å². The van der Waals surface area contributed by atoms with Gasteiger partial charge in [-0.15, -0.1) is 0 Å². The number of nitrogens with zero attached hydrogens (tertiary/aromatic N) is 1. The van der Waals surface area contributed by atoms with Gasteiger partial charge in [-0.2, -0.15) is 0 Å². The number of hydrogen-bond donors (Lipinski definition) is 1. The first-order valence-corrected chi connectivity index (χ1v) is 8.96. The molecule has 1 aliphatic rings. The van der Waals surface area contributed by atoms with E-state index in [2.05, 4.69) is 0 Å². The monoisotopic (exact) mass is 369 g/mol. The van der Waals surface area contributed by atoms with Gasteiger partial charge in [-0.3, -0.25) is 4.90 Å². The molecule has 0 aromatic heterocycles. The van der Waals surface area contributed by atoms with E-state index in [9.17, 15) is 9.90 Å². The van der Waals surface area contributed by atoms with Gasteiger partial charge in [0.2, 0.25) is 0 Å². The number of likely N-dealkylation sites (tertiary alicyclic amines) is 1. The molecular formula is C19H28ClNO4. The lowest BCUT2D eigenvalue weighted by atomic mass is 9.83. The van der Waals surface area contributed by atoms with Crippen LogP contribution in [-0.2, 0) is 9.47 Å². The molecule has 1 amide bonds.